The largest absolute Gasteiger partial charge is 0.507 e. The highest BCUT2D eigenvalue weighted by Crippen LogP contribution is 2.35. The Hall–Kier alpha value is -2.91. The molecule has 0 aliphatic rings. The van der Waals surface area contributed by atoms with Gasteiger partial charge in [-0.25, -0.2) is 0 Å². The van der Waals surface area contributed by atoms with Crippen LogP contribution in [-0.4, -0.2) is 22.5 Å². The van der Waals surface area contributed by atoms with Crippen LogP contribution in [0.4, 0.5) is 0 Å². The molecule has 0 heterocycles. The smallest absolute Gasteiger partial charge is 0.137 e. The van der Waals surface area contributed by atoms with E-state index in [1.165, 1.54) is 0 Å². The second-order valence-electron chi connectivity index (χ2n) is 7.02. The zero-order chi connectivity index (χ0) is 19.4. The van der Waals surface area contributed by atoms with Crippen LogP contribution < -0.4 is 0 Å². The number of aromatic hydroxyl groups is 1. The molecule has 2 N–H and O–H groups in total. The summed E-state index contributed by atoms with van der Waals surface area (Å²) in [7, 11) is 0. The van der Waals surface area contributed by atoms with E-state index in [9.17, 15) is 10.2 Å². The van der Waals surface area contributed by atoms with Gasteiger partial charge in [0.15, 0.2) is 0 Å². The normalized spacial score (nSPS) is 13.0. The first-order chi connectivity index (χ1) is 12.9. The van der Waals surface area contributed by atoms with E-state index in [0.29, 0.717) is 5.56 Å². The molecule has 27 heavy (non-hydrogen) atoms. The molecule has 0 saturated heterocycles. The van der Waals surface area contributed by atoms with Crippen molar-refractivity contribution in [2.24, 2.45) is 4.99 Å². The van der Waals surface area contributed by atoms with Crippen molar-refractivity contribution in [2.75, 3.05) is 0 Å². The summed E-state index contributed by atoms with van der Waals surface area (Å²) < 4.78 is 0. The molecule has 0 amide bonds. The Labute approximate surface area is 160 Å². The van der Waals surface area contributed by atoms with E-state index in [0.717, 1.165) is 22.3 Å². The van der Waals surface area contributed by atoms with E-state index in [1.54, 1.807) is 24.4 Å². The molecule has 0 aromatic heterocycles. The van der Waals surface area contributed by atoms with Crippen LogP contribution in [0.1, 0.15) is 34.7 Å². The first-order valence-electron chi connectivity index (χ1n) is 9.09. The first-order valence-corrected chi connectivity index (χ1v) is 9.09. The average Bonchev–Trinajstić information content (AvgIpc) is 2.66. The Morgan fingerprint density at radius 1 is 0.852 bits per heavy atom. The quantitative estimate of drug-likeness (QED) is 0.646. The molecule has 3 aromatic rings. The van der Waals surface area contributed by atoms with E-state index < -0.39 is 11.6 Å². The van der Waals surface area contributed by atoms with Crippen molar-refractivity contribution in [2.45, 2.75) is 32.4 Å². The van der Waals surface area contributed by atoms with Crippen LogP contribution in [0.25, 0.3) is 0 Å². The monoisotopic (exact) mass is 359 g/mol. The topological polar surface area (TPSA) is 52.8 Å². The molecule has 0 spiro atoms. The van der Waals surface area contributed by atoms with Crippen LogP contribution in [0.5, 0.6) is 5.75 Å². The summed E-state index contributed by atoms with van der Waals surface area (Å²) in [5, 5.41) is 21.8. The van der Waals surface area contributed by atoms with Crippen molar-refractivity contribution in [1.29, 1.82) is 0 Å². The number of aliphatic imine (C=N–C) groups is 1. The number of nitrogens with zero attached hydrogens (tertiary/aromatic N) is 1. The Bertz CT molecular complexity index is 916. The molecule has 138 valence electrons. The number of hydrogen-bond acceptors (Lipinski definition) is 3. The minimum Gasteiger partial charge on any atom is -0.507 e. The van der Waals surface area contributed by atoms with Gasteiger partial charge >= 0.3 is 0 Å². The average molecular weight is 359 g/mol. The third kappa shape index (κ3) is 3.93. The van der Waals surface area contributed by atoms with Crippen molar-refractivity contribution in [3.8, 4) is 5.75 Å². The number of hydrogen-bond donors (Lipinski definition) is 2. The van der Waals surface area contributed by atoms with Crippen molar-refractivity contribution < 1.29 is 10.2 Å². The van der Waals surface area contributed by atoms with Gasteiger partial charge in [0.2, 0.25) is 0 Å². The summed E-state index contributed by atoms with van der Waals surface area (Å²) in [5.41, 5.74) is 3.11. The predicted octanol–water partition coefficient (Wildman–Crippen LogP) is 4.75. The Morgan fingerprint density at radius 3 is 1.93 bits per heavy atom. The van der Waals surface area contributed by atoms with Gasteiger partial charge in [-0.2, -0.15) is 0 Å². The lowest BCUT2D eigenvalue weighted by Crippen LogP contribution is -2.38. The molecule has 0 fully saturated rings. The molecule has 0 saturated carbocycles. The maximum atomic E-state index is 11.8. The molecule has 3 rings (SSSR count). The summed E-state index contributed by atoms with van der Waals surface area (Å²) in [6, 6.07) is 22.3. The molecular formula is C24H25NO2. The number of benzene rings is 3. The molecule has 3 aromatic carbocycles. The van der Waals surface area contributed by atoms with Gasteiger partial charge in [0.25, 0.3) is 0 Å². The molecular weight excluding hydrogens is 334 g/mol. The van der Waals surface area contributed by atoms with Crippen LogP contribution >= 0.6 is 0 Å². The van der Waals surface area contributed by atoms with Gasteiger partial charge in [-0.3, -0.25) is 4.99 Å². The van der Waals surface area contributed by atoms with E-state index in [2.05, 4.69) is 4.99 Å². The first kappa shape index (κ1) is 18.9. The number of aliphatic hydroxyl groups is 1. The molecule has 1 unspecified atom stereocenters. The van der Waals surface area contributed by atoms with E-state index >= 15 is 0 Å². The Balaban J connectivity index is 2.08. The van der Waals surface area contributed by atoms with Crippen LogP contribution in [0.2, 0.25) is 0 Å². The highest BCUT2D eigenvalue weighted by Gasteiger charge is 2.37. The molecule has 0 radical (unpaired) electrons. The summed E-state index contributed by atoms with van der Waals surface area (Å²) in [5.74, 6) is 0.170. The Kier molecular flexibility index (Phi) is 5.43. The van der Waals surface area contributed by atoms with Crippen molar-refractivity contribution in [3.63, 3.8) is 0 Å². The lowest BCUT2D eigenvalue weighted by atomic mass is 9.80. The van der Waals surface area contributed by atoms with Crippen LogP contribution in [0.15, 0.2) is 77.8 Å². The van der Waals surface area contributed by atoms with Crippen LogP contribution in [0, 0.1) is 13.8 Å². The second kappa shape index (κ2) is 7.77. The molecule has 0 aliphatic carbocycles. The SMILES string of the molecule is Cc1cccc(C(O)(c2cccc(C)c2)C(C)N=Cc2ccccc2O)c1. The van der Waals surface area contributed by atoms with Crippen molar-refractivity contribution in [1.82, 2.24) is 0 Å². The molecule has 1 atom stereocenters. The van der Waals surface area contributed by atoms with E-state index in [1.807, 2.05) is 75.4 Å². The van der Waals surface area contributed by atoms with Crippen molar-refractivity contribution in [3.05, 3.63) is 101 Å². The number of rotatable bonds is 5. The lowest BCUT2D eigenvalue weighted by molar-refractivity contribution is 0.0588. The molecule has 0 aliphatic heterocycles. The maximum Gasteiger partial charge on any atom is 0.137 e. The zero-order valence-corrected chi connectivity index (χ0v) is 15.9. The summed E-state index contributed by atoms with van der Waals surface area (Å²) >= 11 is 0. The summed E-state index contributed by atoms with van der Waals surface area (Å²) in [6.07, 6.45) is 1.62. The van der Waals surface area contributed by atoms with Gasteiger partial charge in [-0.1, -0.05) is 71.8 Å². The summed E-state index contributed by atoms with van der Waals surface area (Å²) in [6.45, 7) is 5.91. The maximum absolute atomic E-state index is 11.8. The van der Waals surface area contributed by atoms with Gasteiger partial charge in [0.1, 0.15) is 11.4 Å². The fraction of sp³-hybridized carbons (Fsp3) is 0.208. The number of phenols is 1. The highest BCUT2D eigenvalue weighted by molar-refractivity contribution is 5.83. The van der Waals surface area contributed by atoms with Gasteiger partial charge in [0, 0.05) is 11.8 Å². The van der Waals surface area contributed by atoms with Crippen LogP contribution in [-0.2, 0) is 5.60 Å². The van der Waals surface area contributed by atoms with E-state index in [-0.39, 0.29) is 5.75 Å². The number of aryl methyl sites for hydroxylation is 2. The fourth-order valence-electron chi connectivity index (χ4n) is 3.31. The number of phenolic OH excluding ortho intramolecular Hbond substituents is 1. The second-order valence-corrected chi connectivity index (χ2v) is 7.02. The predicted molar refractivity (Wildman–Crippen MR) is 111 cm³/mol. The lowest BCUT2D eigenvalue weighted by Gasteiger charge is -2.33. The minimum atomic E-state index is -1.28. The van der Waals surface area contributed by atoms with Gasteiger partial charge in [0.05, 0.1) is 6.04 Å². The summed E-state index contributed by atoms with van der Waals surface area (Å²) in [4.78, 5) is 4.60. The van der Waals surface area contributed by atoms with Gasteiger partial charge in [-0.15, -0.1) is 0 Å². The third-order valence-corrected chi connectivity index (χ3v) is 4.89. The fourth-order valence-corrected chi connectivity index (χ4v) is 3.31. The minimum absolute atomic E-state index is 0.170. The van der Waals surface area contributed by atoms with Gasteiger partial charge in [-0.05, 0) is 44.0 Å². The van der Waals surface area contributed by atoms with Gasteiger partial charge < -0.3 is 10.2 Å². The van der Waals surface area contributed by atoms with Crippen LogP contribution in [0.3, 0.4) is 0 Å². The molecule has 3 heteroatoms. The molecule has 0 bridgehead atoms. The number of para-hydroxylation sites is 1. The molecule has 3 nitrogen and oxygen atoms in total. The highest BCUT2D eigenvalue weighted by atomic mass is 16.3. The Morgan fingerprint density at radius 2 is 1.41 bits per heavy atom. The zero-order valence-electron chi connectivity index (χ0n) is 15.9. The third-order valence-electron chi connectivity index (χ3n) is 4.89. The standard InChI is InChI=1S/C24H25NO2/c1-17-8-6-11-21(14-17)24(27,22-12-7-9-18(2)15-22)19(3)25-16-20-10-4-5-13-23(20)26/h4-16,19,26-27H,1-3H3. The van der Waals surface area contributed by atoms with Crippen molar-refractivity contribution >= 4 is 6.21 Å². The van der Waals surface area contributed by atoms with E-state index in [4.69, 9.17) is 0 Å².